The number of rotatable bonds is 10. The number of hydrogen-bond donors (Lipinski definition) is 1. The van der Waals surface area contributed by atoms with E-state index in [1.54, 1.807) is 17.0 Å². The van der Waals surface area contributed by atoms with Gasteiger partial charge in [-0.15, -0.1) is 0 Å². The van der Waals surface area contributed by atoms with Gasteiger partial charge in [-0.05, 0) is 64.9 Å². The van der Waals surface area contributed by atoms with Crippen molar-refractivity contribution in [2.75, 3.05) is 20.2 Å². The van der Waals surface area contributed by atoms with Crippen molar-refractivity contribution in [3.05, 3.63) is 95.6 Å². The van der Waals surface area contributed by atoms with E-state index in [9.17, 15) is 9.90 Å². The molecule has 4 heteroatoms. The van der Waals surface area contributed by atoms with Crippen molar-refractivity contribution in [1.82, 2.24) is 4.90 Å². The standard InChI is InChI=1S/C29H33NO3/c1-4-9-28(32)30(3)20-21-33-26-18-14-24(15-19-26)29(23-12-16-25(31)17-13-23)27(5-2)22-10-7-6-8-11-22/h6-8,10-19,31H,4-5,9,20-21H2,1-3H3/b29-27-. The van der Waals surface area contributed by atoms with E-state index in [2.05, 4.69) is 43.3 Å². The molecule has 0 aliphatic heterocycles. The summed E-state index contributed by atoms with van der Waals surface area (Å²) in [6.07, 6.45) is 2.29. The number of allylic oxidation sites excluding steroid dienone is 1. The zero-order valence-corrected chi connectivity index (χ0v) is 19.8. The van der Waals surface area contributed by atoms with Crippen LogP contribution in [0.5, 0.6) is 11.5 Å². The Bertz CT molecular complexity index is 1050. The first-order valence-electron chi connectivity index (χ1n) is 11.6. The van der Waals surface area contributed by atoms with Gasteiger partial charge in [-0.1, -0.05) is 68.4 Å². The van der Waals surface area contributed by atoms with E-state index in [4.69, 9.17) is 4.74 Å². The Morgan fingerprint density at radius 2 is 1.45 bits per heavy atom. The fourth-order valence-corrected chi connectivity index (χ4v) is 3.86. The van der Waals surface area contributed by atoms with Crippen molar-refractivity contribution in [3.63, 3.8) is 0 Å². The first kappa shape index (κ1) is 24.1. The molecule has 0 aliphatic carbocycles. The van der Waals surface area contributed by atoms with Crippen molar-refractivity contribution < 1.29 is 14.6 Å². The van der Waals surface area contributed by atoms with Crippen LogP contribution in [0.15, 0.2) is 78.9 Å². The van der Waals surface area contributed by atoms with Gasteiger partial charge in [0, 0.05) is 13.5 Å². The Labute approximate surface area is 197 Å². The third kappa shape index (κ3) is 6.48. The number of amides is 1. The van der Waals surface area contributed by atoms with E-state index in [0.29, 0.717) is 19.6 Å². The lowest BCUT2D eigenvalue weighted by molar-refractivity contribution is -0.130. The molecular formula is C29H33NO3. The zero-order valence-electron chi connectivity index (χ0n) is 19.8. The summed E-state index contributed by atoms with van der Waals surface area (Å²) in [5.41, 5.74) is 5.71. The van der Waals surface area contributed by atoms with Crippen molar-refractivity contribution in [2.24, 2.45) is 0 Å². The van der Waals surface area contributed by atoms with Gasteiger partial charge in [0.1, 0.15) is 18.1 Å². The van der Waals surface area contributed by atoms with Crippen LogP contribution < -0.4 is 4.74 Å². The average Bonchev–Trinajstić information content (AvgIpc) is 2.84. The lowest BCUT2D eigenvalue weighted by atomic mass is 9.88. The molecule has 3 rings (SSSR count). The van der Waals surface area contributed by atoms with E-state index >= 15 is 0 Å². The largest absolute Gasteiger partial charge is 0.508 e. The van der Waals surface area contributed by atoms with Gasteiger partial charge in [0.2, 0.25) is 5.91 Å². The predicted octanol–water partition coefficient (Wildman–Crippen LogP) is 6.40. The van der Waals surface area contributed by atoms with Crippen LogP contribution in [-0.2, 0) is 4.79 Å². The molecular weight excluding hydrogens is 410 g/mol. The van der Waals surface area contributed by atoms with E-state index < -0.39 is 0 Å². The number of phenolic OH excluding ortho intramolecular Hbond substituents is 1. The van der Waals surface area contributed by atoms with E-state index in [0.717, 1.165) is 35.3 Å². The second kappa shape index (κ2) is 11.9. The van der Waals surface area contributed by atoms with Crippen LogP contribution in [0.1, 0.15) is 49.8 Å². The summed E-state index contributed by atoms with van der Waals surface area (Å²) < 4.78 is 5.89. The first-order valence-corrected chi connectivity index (χ1v) is 11.6. The first-order chi connectivity index (χ1) is 16.0. The van der Waals surface area contributed by atoms with Crippen LogP contribution in [0.4, 0.5) is 0 Å². The van der Waals surface area contributed by atoms with Crippen LogP contribution in [0.2, 0.25) is 0 Å². The Balaban J connectivity index is 1.85. The second-order valence-electron chi connectivity index (χ2n) is 8.06. The summed E-state index contributed by atoms with van der Waals surface area (Å²) in [4.78, 5) is 13.6. The molecule has 0 unspecified atom stereocenters. The SMILES string of the molecule is CCCC(=O)N(C)CCOc1ccc(/C(=C(/CC)c2ccccc2)c2ccc(O)cc2)cc1. The number of aromatic hydroxyl groups is 1. The van der Waals surface area contributed by atoms with Gasteiger partial charge >= 0.3 is 0 Å². The Morgan fingerprint density at radius 3 is 2.03 bits per heavy atom. The molecule has 3 aromatic carbocycles. The molecule has 33 heavy (non-hydrogen) atoms. The van der Waals surface area contributed by atoms with Gasteiger partial charge in [-0.2, -0.15) is 0 Å². The van der Waals surface area contributed by atoms with Crippen LogP contribution in [-0.4, -0.2) is 36.1 Å². The molecule has 3 aromatic rings. The molecule has 0 aliphatic rings. The smallest absolute Gasteiger partial charge is 0.222 e. The minimum Gasteiger partial charge on any atom is -0.508 e. The van der Waals surface area contributed by atoms with Gasteiger partial charge in [-0.3, -0.25) is 4.79 Å². The van der Waals surface area contributed by atoms with E-state index in [-0.39, 0.29) is 11.7 Å². The van der Waals surface area contributed by atoms with Crippen molar-refractivity contribution in [1.29, 1.82) is 0 Å². The highest BCUT2D eigenvalue weighted by Gasteiger charge is 2.13. The fraction of sp³-hybridized carbons (Fsp3) is 0.276. The zero-order chi connectivity index (χ0) is 23.6. The number of nitrogens with zero attached hydrogens (tertiary/aromatic N) is 1. The summed E-state index contributed by atoms with van der Waals surface area (Å²) >= 11 is 0. The lowest BCUT2D eigenvalue weighted by Gasteiger charge is -2.18. The number of likely N-dealkylation sites (N-methyl/N-ethyl adjacent to an activating group) is 1. The van der Waals surface area contributed by atoms with Gasteiger partial charge in [-0.25, -0.2) is 0 Å². The number of benzene rings is 3. The molecule has 172 valence electrons. The highest BCUT2D eigenvalue weighted by Crippen LogP contribution is 2.35. The minimum absolute atomic E-state index is 0.146. The van der Waals surface area contributed by atoms with Crippen LogP contribution >= 0.6 is 0 Å². The predicted molar refractivity (Wildman–Crippen MR) is 135 cm³/mol. The average molecular weight is 444 g/mol. The van der Waals surface area contributed by atoms with Crippen LogP contribution in [0.25, 0.3) is 11.1 Å². The van der Waals surface area contributed by atoms with Crippen molar-refractivity contribution in [3.8, 4) is 11.5 Å². The topological polar surface area (TPSA) is 49.8 Å². The Morgan fingerprint density at radius 1 is 0.848 bits per heavy atom. The molecule has 1 amide bonds. The van der Waals surface area contributed by atoms with Crippen molar-refractivity contribution in [2.45, 2.75) is 33.1 Å². The molecule has 0 saturated heterocycles. The fourth-order valence-electron chi connectivity index (χ4n) is 3.86. The number of hydrogen-bond acceptors (Lipinski definition) is 3. The summed E-state index contributed by atoms with van der Waals surface area (Å²) in [6.45, 7) is 5.19. The molecule has 0 fully saturated rings. The molecule has 0 radical (unpaired) electrons. The molecule has 0 atom stereocenters. The lowest BCUT2D eigenvalue weighted by Crippen LogP contribution is -2.30. The van der Waals surface area contributed by atoms with Crippen LogP contribution in [0, 0.1) is 0 Å². The highest BCUT2D eigenvalue weighted by molar-refractivity contribution is 5.98. The van der Waals surface area contributed by atoms with E-state index in [1.165, 1.54) is 11.1 Å². The molecule has 0 spiro atoms. The van der Waals surface area contributed by atoms with Gasteiger partial charge < -0.3 is 14.7 Å². The van der Waals surface area contributed by atoms with E-state index in [1.807, 2.05) is 44.3 Å². The van der Waals surface area contributed by atoms with Gasteiger partial charge in [0.05, 0.1) is 6.54 Å². The van der Waals surface area contributed by atoms with Gasteiger partial charge in [0.25, 0.3) is 0 Å². The molecule has 4 nitrogen and oxygen atoms in total. The molecule has 0 aromatic heterocycles. The van der Waals surface area contributed by atoms with Crippen molar-refractivity contribution >= 4 is 17.1 Å². The minimum atomic E-state index is 0.146. The maximum atomic E-state index is 11.9. The second-order valence-corrected chi connectivity index (χ2v) is 8.06. The monoisotopic (exact) mass is 443 g/mol. The Hall–Kier alpha value is -3.53. The third-order valence-corrected chi connectivity index (χ3v) is 5.66. The molecule has 0 saturated carbocycles. The number of carbonyl (C=O) groups is 1. The summed E-state index contributed by atoms with van der Waals surface area (Å²) in [5.74, 6) is 1.17. The van der Waals surface area contributed by atoms with Gasteiger partial charge in [0.15, 0.2) is 0 Å². The number of phenols is 1. The highest BCUT2D eigenvalue weighted by atomic mass is 16.5. The molecule has 0 bridgehead atoms. The summed E-state index contributed by atoms with van der Waals surface area (Å²) in [6, 6.07) is 25.8. The Kier molecular flexibility index (Phi) is 8.71. The summed E-state index contributed by atoms with van der Waals surface area (Å²) in [7, 11) is 1.81. The molecule has 1 N–H and O–H groups in total. The quantitative estimate of drug-likeness (QED) is 0.369. The maximum absolute atomic E-state index is 11.9. The maximum Gasteiger partial charge on any atom is 0.222 e. The number of ether oxygens (including phenoxy) is 1. The number of carbonyl (C=O) groups excluding carboxylic acids is 1. The van der Waals surface area contributed by atoms with Crippen LogP contribution in [0.3, 0.4) is 0 Å². The molecule has 0 heterocycles. The normalized spacial score (nSPS) is 11.6. The third-order valence-electron chi connectivity index (χ3n) is 5.66. The summed E-state index contributed by atoms with van der Waals surface area (Å²) in [5, 5.41) is 9.79.